The fraction of sp³-hybridized carbons (Fsp3) is 0.727. The van der Waals surface area contributed by atoms with Crippen molar-refractivity contribution in [2.45, 2.75) is 38.8 Å². The molecule has 1 fully saturated rings. The second-order valence-corrected chi connectivity index (χ2v) is 4.97. The molecule has 0 aliphatic carbocycles. The van der Waals surface area contributed by atoms with E-state index in [1.807, 2.05) is 11.6 Å². The number of aromatic nitrogens is 1. The number of rotatable bonds is 5. The Labute approximate surface area is 95.5 Å². The Hall–Kier alpha value is -0.610. The highest BCUT2D eigenvalue weighted by Crippen LogP contribution is 2.23. The molecule has 0 atom stereocenters. The molecular weight excluding hydrogens is 206 g/mol. The smallest absolute Gasteiger partial charge is 0.185 e. The molecule has 1 aliphatic heterocycles. The summed E-state index contributed by atoms with van der Waals surface area (Å²) in [5.41, 5.74) is 0. The first-order chi connectivity index (χ1) is 7.33. The summed E-state index contributed by atoms with van der Waals surface area (Å²) in [4.78, 5) is 6.65. The van der Waals surface area contributed by atoms with Crippen LogP contribution in [0, 0.1) is 0 Å². The Bertz CT molecular complexity index is 276. The van der Waals surface area contributed by atoms with Gasteiger partial charge in [-0.05, 0) is 12.8 Å². The van der Waals surface area contributed by atoms with E-state index >= 15 is 0 Å². The minimum absolute atomic E-state index is 0.666. The van der Waals surface area contributed by atoms with Crippen LogP contribution in [-0.4, -0.2) is 30.2 Å². The second kappa shape index (κ2) is 4.94. The predicted molar refractivity (Wildman–Crippen MR) is 65.6 cm³/mol. The zero-order valence-electron chi connectivity index (χ0n) is 9.44. The molecule has 1 aliphatic rings. The molecule has 0 bridgehead atoms. The lowest BCUT2D eigenvalue weighted by Crippen LogP contribution is -2.60. The van der Waals surface area contributed by atoms with Gasteiger partial charge in [0.05, 0.1) is 0 Å². The minimum atomic E-state index is 0.666. The van der Waals surface area contributed by atoms with Gasteiger partial charge in [-0.2, -0.15) is 0 Å². The molecule has 84 valence electrons. The zero-order valence-corrected chi connectivity index (χ0v) is 10.3. The zero-order chi connectivity index (χ0) is 10.7. The number of anilines is 1. The predicted octanol–water partition coefficient (Wildman–Crippen LogP) is 2.11. The van der Waals surface area contributed by atoms with Gasteiger partial charge >= 0.3 is 0 Å². The van der Waals surface area contributed by atoms with Crippen molar-refractivity contribution in [1.82, 2.24) is 10.3 Å². The van der Waals surface area contributed by atoms with Gasteiger partial charge in [0, 0.05) is 36.8 Å². The van der Waals surface area contributed by atoms with E-state index in [2.05, 4.69) is 29.0 Å². The fourth-order valence-electron chi connectivity index (χ4n) is 1.97. The highest BCUT2D eigenvalue weighted by atomic mass is 32.1. The molecule has 2 heterocycles. The minimum Gasteiger partial charge on any atom is -0.345 e. The van der Waals surface area contributed by atoms with E-state index < -0.39 is 0 Å². The van der Waals surface area contributed by atoms with Gasteiger partial charge in [-0.3, -0.25) is 0 Å². The van der Waals surface area contributed by atoms with E-state index in [-0.39, 0.29) is 0 Å². The van der Waals surface area contributed by atoms with Gasteiger partial charge in [-0.1, -0.05) is 13.8 Å². The van der Waals surface area contributed by atoms with E-state index in [9.17, 15) is 0 Å². The topological polar surface area (TPSA) is 28.2 Å². The molecule has 1 aromatic rings. The normalized spacial score (nSPS) is 17.1. The molecule has 15 heavy (non-hydrogen) atoms. The van der Waals surface area contributed by atoms with Crippen molar-refractivity contribution in [3.63, 3.8) is 0 Å². The molecule has 0 aromatic carbocycles. The Morgan fingerprint density at radius 1 is 1.53 bits per heavy atom. The number of thiazole rings is 1. The summed E-state index contributed by atoms with van der Waals surface area (Å²) >= 11 is 1.73. The van der Waals surface area contributed by atoms with E-state index in [0.29, 0.717) is 12.1 Å². The van der Waals surface area contributed by atoms with Crippen LogP contribution in [0.1, 0.15) is 26.7 Å². The van der Waals surface area contributed by atoms with Crippen LogP contribution in [0.15, 0.2) is 11.6 Å². The number of nitrogens with zero attached hydrogens (tertiary/aromatic N) is 2. The summed E-state index contributed by atoms with van der Waals surface area (Å²) in [6.07, 6.45) is 4.33. The largest absolute Gasteiger partial charge is 0.345 e. The van der Waals surface area contributed by atoms with Gasteiger partial charge in [0.15, 0.2) is 5.13 Å². The van der Waals surface area contributed by atoms with Crippen molar-refractivity contribution < 1.29 is 0 Å². The molecule has 1 N–H and O–H groups in total. The summed E-state index contributed by atoms with van der Waals surface area (Å²) in [6, 6.07) is 1.35. The van der Waals surface area contributed by atoms with Crippen molar-refractivity contribution in [3.05, 3.63) is 11.6 Å². The average Bonchev–Trinajstić information content (AvgIpc) is 2.69. The first-order valence-electron chi connectivity index (χ1n) is 5.74. The van der Waals surface area contributed by atoms with E-state index in [0.717, 1.165) is 18.2 Å². The molecule has 1 saturated heterocycles. The number of hydrogen-bond acceptors (Lipinski definition) is 4. The highest BCUT2D eigenvalue weighted by molar-refractivity contribution is 7.13. The van der Waals surface area contributed by atoms with Gasteiger partial charge in [-0.15, -0.1) is 11.3 Å². The third-order valence-electron chi connectivity index (χ3n) is 3.03. The van der Waals surface area contributed by atoms with Crippen LogP contribution in [0.25, 0.3) is 0 Å². The summed E-state index contributed by atoms with van der Waals surface area (Å²) in [7, 11) is 0. The Kier molecular flexibility index (Phi) is 3.59. The van der Waals surface area contributed by atoms with Crippen molar-refractivity contribution >= 4 is 16.5 Å². The Morgan fingerprint density at radius 3 is 2.80 bits per heavy atom. The molecule has 3 nitrogen and oxygen atoms in total. The second-order valence-electron chi connectivity index (χ2n) is 4.10. The molecule has 1 aromatic heterocycles. The monoisotopic (exact) mass is 225 g/mol. The average molecular weight is 225 g/mol. The Balaban J connectivity index is 1.74. The van der Waals surface area contributed by atoms with Gasteiger partial charge < -0.3 is 10.2 Å². The van der Waals surface area contributed by atoms with E-state index in [1.165, 1.54) is 12.8 Å². The summed E-state index contributed by atoms with van der Waals surface area (Å²) < 4.78 is 0. The van der Waals surface area contributed by atoms with Crippen LogP contribution in [0.4, 0.5) is 5.13 Å². The maximum absolute atomic E-state index is 4.31. The summed E-state index contributed by atoms with van der Waals surface area (Å²) in [5, 5.41) is 6.88. The summed E-state index contributed by atoms with van der Waals surface area (Å²) in [6.45, 7) is 6.73. The van der Waals surface area contributed by atoms with Gasteiger partial charge in [0.25, 0.3) is 0 Å². The molecule has 0 amide bonds. The van der Waals surface area contributed by atoms with Gasteiger partial charge in [-0.25, -0.2) is 4.98 Å². The molecule has 2 rings (SSSR count). The van der Waals surface area contributed by atoms with Crippen LogP contribution in [-0.2, 0) is 0 Å². The van der Waals surface area contributed by atoms with Crippen LogP contribution in [0.2, 0.25) is 0 Å². The molecule has 0 radical (unpaired) electrons. The van der Waals surface area contributed by atoms with Crippen molar-refractivity contribution in [1.29, 1.82) is 0 Å². The number of nitrogens with one attached hydrogen (secondary N) is 1. The van der Waals surface area contributed by atoms with Gasteiger partial charge in [0.2, 0.25) is 0 Å². The summed E-state index contributed by atoms with van der Waals surface area (Å²) in [5.74, 6) is 0. The molecule has 0 saturated carbocycles. The van der Waals surface area contributed by atoms with Crippen LogP contribution < -0.4 is 10.2 Å². The molecule has 0 spiro atoms. The lowest BCUT2D eigenvalue weighted by Gasteiger charge is -2.41. The molecule has 4 heteroatoms. The quantitative estimate of drug-likeness (QED) is 0.832. The van der Waals surface area contributed by atoms with Crippen LogP contribution in [0.5, 0.6) is 0 Å². The third kappa shape index (κ3) is 2.49. The van der Waals surface area contributed by atoms with Crippen molar-refractivity contribution in [3.8, 4) is 0 Å². The lowest BCUT2D eigenvalue weighted by atomic mass is 10.1. The SMILES string of the molecule is CCC(CC)NC1CN(c2nccs2)C1. The van der Waals surface area contributed by atoms with Gasteiger partial charge in [0.1, 0.15) is 0 Å². The number of hydrogen-bond donors (Lipinski definition) is 1. The highest BCUT2D eigenvalue weighted by Gasteiger charge is 2.29. The lowest BCUT2D eigenvalue weighted by molar-refractivity contribution is 0.354. The molecule has 0 unspecified atom stereocenters. The maximum atomic E-state index is 4.31. The van der Waals surface area contributed by atoms with Crippen molar-refractivity contribution in [2.24, 2.45) is 0 Å². The van der Waals surface area contributed by atoms with Crippen LogP contribution in [0.3, 0.4) is 0 Å². The first kappa shape index (κ1) is 10.9. The molecular formula is C11H19N3S. The van der Waals surface area contributed by atoms with Crippen LogP contribution >= 0.6 is 11.3 Å². The van der Waals surface area contributed by atoms with Crippen molar-refractivity contribution in [2.75, 3.05) is 18.0 Å². The first-order valence-corrected chi connectivity index (χ1v) is 6.62. The maximum Gasteiger partial charge on any atom is 0.185 e. The fourth-order valence-corrected chi connectivity index (χ4v) is 2.63. The van der Waals surface area contributed by atoms with E-state index in [4.69, 9.17) is 0 Å². The van der Waals surface area contributed by atoms with E-state index in [1.54, 1.807) is 11.3 Å². The standard InChI is InChI=1S/C11H19N3S/c1-3-9(4-2)13-10-7-14(8-10)11-12-5-6-15-11/h5-6,9-10,13H,3-4,7-8H2,1-2H3. The Morgan fingerprint density at radius 2 is 2.27 bits per heavy atom. The third-order valence-corrected chi connectivity index (χ3v) is 3.86.